The van der Waals surface area contributed by atoms with Crippen molar-refractivity contribution >= 4 is 53.2 Å². The zero-order chi connectivity index (χ0) is 20.7. The lowest BCUT2D eigenvalue weighted by atomic mass is 9.99. The first-order chi connectivity index (χ1) is 13.3. The Kier molecular flexibility index (Phi) is 10.4. The Morgan fingerprint density at radius 3 is 2.62 bits per heavy atom. The maximum absolute atomic E-state index is 12.4. The molecule has 3 amide bonds. The first-order valence-corrected chi connectivity index (χ1v) is 10.8. The zero-order valence-corrected chi connectivity index (χ0v) is 21.1. The van der Waals surface area contributed by atoms with Crippen LogP contribution in [0.1, 0.15) is 50.3 Å². The van der Waals surface area contributed by atoms with Gasteiger partial charge in [-0.15, -0.1) is 35.3 Å². The number of carbonyl (C=O) groups is 2. The number of nitrogens with zero attached hydrogens (tertiary/aromatic N) is 2. The highest BCUT2D eigenvalue weighted by Crippen LogP contribution is 2.20. The van der Waals surface area contributed by atoms with Crippen LogP contribution in [0.5, 0.6) is 0 Å². The van der Waals surface area contributed by atoms with Crippen LogP contribution >= 0.6 is 35.3 Å². The Labute approximate surface area is 195 Å². The predicted octanol–water partition coefficient (Wildman–Crippen LogP) is 3.27. The fourth-order valence-electron chi connectivity index (χ4n) is 3.11. The Bertz CT molecular complexity index is 723. The van der Waals surface area contributed by atoms with E-state index in [4.69, 9.17) is 0 Å². The molecule has 164 valence electrons. The maximum atomic E-state index is 12.4. The lowest BCUT2D eigenvalue weighted by Crippen LogP contribution is -2.43. The molecular formula is C20H34IN5O2S. The van der Waals surface area contributed by atoms with Crippen LogP contribution in [-0.4, -0.2) is 54.0 Å². The average Bonchev–Trinajstić information content (AvgIpc) is 3.13. The number of halogens is 1. The topological polar surface area (TPSA) is 85.8 Å². The lowest BCUT2D eigenvalue weighted by Gasteiger charge is -2.19. The third-order valence-corrected chi connectivity index (χ3v) is 5.92. The molecule has 0 saturated carbocycles. The number of nitrogens with one attached hydrogen (secondary N) is 3. The SMILES string of the molecule is CCNC(=NCCCN1C(=O)NC(C)(CC)C1=O)NC(C)Cc1ccc(C)s1.I. The molecule has 7 nitrogen and oxygen atoms in total. The van der Waals surface area contributed by atoms with Gasteiger partial charge in [0, 0.05) is 41.9 Å². The van der Waals surface area contributed by atoms with Gasteiger partial charge in [0.15, 0.2) is 5.96 Å². The van der Waals surface area contributed by atoms with E-state index in [0.717, 1.165) is 18.9 Å². The normalized spacial score (nSPS) is 20.3. The molecule has 3 N–H and O–H groups in total. The van der Waals surface area contributed by atoms with Crippen LogP contribution in [0.25, 0.3) is 0 Å². The number of aryl methyl sites for hydroxylation is 1. The highest BCUT2D eigenvalue weighted by molar-refractivity contribution is 14.0. The number of amides is 3. The molecule has 29 heavy (non-hydrogen) atoms. The van der Waals surface area contributed by atoms with Gasteiger partial charge in [0.25, 0.3) is 5.91 Å². The number of hydrogen-bond acceptors (Lipinski definition) is 4. The molecule has 1 fully saturated rings. The molecule has 1 aliphatic rings. The average molecular weight is 535 g/mol. The second kappa shape index (κ2) is 11.7. The van der Waals surface area contributed by atoms with Gasteiger partial charge in [-0.05, 0) is 52.7 Å². The minimum atomic E-state index is -0.771. The molecular weight excluding hydrogens is 501 g/mol. The Morgan fingerprint density at radius 1 is 1.34 bits per heavy atom. The molecule has 0 bridgehead atoms. The van der Waals surface area contributed by atoms with Gasteiger partial charge in [0.05, 0.1) is 0 Å². The lowest BCUT2D eigenvalue weighted by molar-refractivity contribution is -0.130. The molecule has 0 radical (unpaired) electrons. The number of imide groups is 1. The van der Waals surface area contributed by atoms with Gasteiger partial charge in [0.2, 0.25) is 0 Å². The number of hydrogen-bond donors (Lipinski definition) is 3. The van der Waals surface area contributed by atoms with Gasteiger partial charge in [-0.2, -0.15) is 0 Å². The Morgan fingerprint density at radius 2 is 2.07 bits per heavy atom. The van der Waals surface area contributed by atoms with E-state index in [1.807, 2.05) is 25.2 Å². The van der Waals surface area contributed by atoms with Crippen LogP contribution in [0.15, 0.2) is 17.1 Å². The molecule has 1 aromatic rings. The molecule has 9 heteroatoms. The number of carbonyl (C=O) groups excluding carboxylic acids is 2. The zero-order valence-electron chi connectivity index (χ0n) is 18.0. The summed E-state index contributed by atoms with van der Waals surface area (Å²) in [5.41, 5.74) is -0.771. The van der Waals surface area contributed by atoms with Crippen LogP contribution in [-0.2, 0) is 11.2 Å². The van der Waals surface area contributed by atoms with E-state index in [-0.39, 0.29) is 42.0 Å². The number of rotatable bonds is 9. The third-order valence-electron chi connectivity index (χ3n) is 4.89. The van der Waals surface area contributed by atoms with Crippen LogP contribution in [0.2, 0.25) is 0 Å². The van der Waals surface area contributed by atoms with Gasteiger partial charge in [-0.25, -0.2) is 4.79 Å². The van der Waals surface area contributed by atoms with Gasteiger partial charge in [-0.3, -0.25) is 14.7 Å². The first-order valence-electron chi connectivity index (χ1n) is 10.0. The molecule has 2 rings (SSSR count). The van der Waals surface area contributed by atoms with Crippen molar-refractivity contribution in [2.45, 2.75) is 65.5 Å². The summed E-state index contributed by atoms with van der Waals surface area (Å²) in [6, 6.07) is 4.27. The van der Waals surface area contributed by atoms with Crippen molar-refractivity contribution in [3.63, 3.8) is 0 Å². The van der Waals surface area contributed by atoms with Crippen molar-refractivity contribution in [1.29, 1.82) is 0 Å². The molecule has 2 heterocycles. The van der Waals surface area contributed by atoms with E-state index in [0.29, 0.717) is 25.9 Å². The maximum Gasteiger partial charge on any atom is 0.325 e. The van der Waals surface area contributed by atoms with Crippen molar-refractivity contribution in [2.75, 3.05) is 19.6 Å². The van der Waals surface area contributed by atoms with Crippen molar-refractivity contribution < 1.29 is 9.59 Å². The minimum Gasteiger partial charge on any atom is -0.357 e. The van der Waals surface area contributed by atoms with Crippen molar-refractivity contribution in [3.8, 4) is 0 Å². The van der Waals surface area contributed by atoms with E-state index < -0.39 is 5.54 Å². The summed E-state index contributed by atoms with van der Waals surface area (Å²) < 4.78 is 0. The summed E-state index contributed by atoms with van der Waals surface area (Å²) in [6.07, 6.45) is 2.16. The minimum absolute atomic E-state index is 0. The van der Waals surface area contributed by atoms with Crippen LogP contribution in [0.4, 0.5) is 4.79 Å². The van der Waals surface area contributed by atoms with Gasteiger partial charge >= 0.3 is 6.03 Å². The summed E-state index contributed by atoms with van der Waals surface area (Å²) in [5.74, 6) is 0.618. The van der Waals surface area contributed by atoms with Crippen LogP contribution in [0.3, 0.4) is 0 Å². The molecule has 2 atom stereocenters. The van der Waals surface area contributed by atoms with E-state index in [1.54, 1.807) is 6.92 Å². The number of aliphatic imine (C=N–C) groups is 1. The highest BCUT2D eigenvalue weighted by atomic mass is 127. The van der Waals surface area contributed by atoms with E-state index in [9.17, 15) is 9.59 Å². The summed E-state index contributed by atoms with van der Waals surface area (Å²) in [6.45, 7) is 11.7. The van der Waals surface area contributed by atoms with E-state index in [2.05, 4.69) is 46.9 Å². The smallest absolute Gasteiger partial charge is 0.325 e. The second-order valence-electron chi connectivity index (χ2n) is 7.45. The Hall–Kier alpha value is -1.36. The molecule has 2 unspecified atom stereocenters. The van der Waals surface area contributed by atoms with Crippen molar-refractivity contribution in [2.24, 2.45) is 4.99 Å². The molecule has 0 aliphatic carbocycles. The largest absolute Gasteiger partial charge is 0.357 e. The van der Waals surface area contributed by atoms with Gasteiger partial charge in [-0.1, -0.05) is 6.92 Å². The highest BCUT2D eigenvalue weighted by Gasteiger charge is 2.45. The Balaban J connectivity index is 0.00000420. The fourth-order valence-corrected chi connectivity index (χ4v) is 4.13. The molecule has 1 aromatic heterocycles. The molecule has 1 aliphatic heterocycles. The summed E-state index contributed by atoms with van der Waals surface area (Å²) in [7, 11) is 0. The number of thiophene rings is 1. The predicted molar refractivity (Wildman–Crippen MR) is 130 cm³/mol. The number of guanidine groups is 1. The van der Waals surface area contributed by atoms with Gasteiger partial charge in [0.1, 0.15) is 5.54 Å². The monoisotopic (exact) mass is 535 g/mol. The van der Waals surface area contributed by atoms with Crippen LogP contribution < -0.4 is 16.0 Å². The fraction of sp³-hybridized carbons (Fsp3) is 0.650. The molecule has 0 spiro atoms. The summed E-state index contributed by atoms with van der Waals surface area (Å²) >= 11 is 1.82. The van der Waals surface area contributed by atoms with Crippen molar-refractivity contribution in [1.82, 2.24) is 20.9 Å². The first kappa shape index (κ1) is 25.7. The van der Waals surface area contributed by atoms with Crippen LogP contribution in [0, 0.1) is 6.92 Å². The van der Waals surface area contributed by atoms with E-state index in [1.165, 1.54) is 14.7 Å². The summed E-state index contributed by atoms with van der Waals surface area (Å²) in [5, 5.41) is 9.46. The third kappa shape index (κ3) is 7.13. The second-order valence-corrected chi connectivity index (χ2v) is 8.82. The van der Waals surface area contributed by atoms with Crippen molar-refractivity contribution in [3.05, 3.63) is 21.9 Å². The quantitative estimate of drug-likeness (QED) is 0.149. The molecule has 1 saturated heterocycles. The van der Waals surface area contributed by atoms with E-state index >= 15 is 0 Å². The van der Waals surface area contributed by atoms with Gasteiger partial charge < -0.3 is 16.0 Å². The standard InChI is InChI=1S/C20H33N5O2S.HI/c1-6-20(5)17(26)25(19(27)24-20)12-8-11-22-18(21-7-2)23-14(3)13-16-10-9-15(4)28-16;/h9-10,14H,6-8,11-13H2,1-5H3,(H,24,27)(H2,21,22,23);1H. The molecule has 0 aromatic carbocycles. The number of urea groups is 1. The summed E-state index contributed by atoms with van der Waals surface area (Å²) in [4.78, 5) is 33.0.